The van der Waals surface area contributed by atoms with Crippen molar-refractivity contribution in [3.63, 3.8) is 0 Å². The van der Waals surface area contributed by atoms with E-state index >= 15 is 0 Å². The van der Waals surface area contributed by atoms with Gasteiger partial charge in [-0.2, -0.15) is 5.10 Å². The molecule has 2 aliphatic rings. The Kier molecular flexibility index (Phi) is 9.31. The van der Waals surface area contributed by atoms with E-state index in [0.717, 1.165) is 5.92 Å². The van der Waals surface area contributed by atoms with Gasteiger partial charge in [0.2, 0.25) is 0 Å². The van der Waals surface area contributed by atoms with E-state index in [0.29, 0.717) is 5.92 Å². The number of hydrazone groups is 1. The largest absolute Gasteiger partial charge is 0.286 e. The lowest BCUT2D eigenvalue weighted by Gasteiger charge is -2.26. The molecule has 2 aliphatic carbocycles. The number of nitrogens with zero attached hydrogens (tertiary/aromatic N) is 1. The van der Waals surface area contributed by atoms with Crippen LogP contribution in [-0.4, -0.2) is 5.71 Å². The van der Waals surface area contributed by atoms with Crippen molar-refractivity contribution in [2.24, 2.45) is 16.9 Å². The highest BCUT2D eigenvalue weighted by Crippen LogP contribution is 2.31. The molecule has 2 fully saturated rings. The molecule has 0 saturated heterocycles. The third-order valence-corrected chi connectivity index (χ3v) is 7.04. The number of aryl methyl sites for hydroxylation is 1. The molecule has 2 heteroatoms. The minimum atomic E-state index is 0.585. The van der Waals surface area contributed by atoms with Crippen molar-refractivity contribution < 1.29 is 0 Å². The van der Waals surface area contributed by atoms with Crippen molar-refractivity contribution in [2.45, 2.75) is 103 Å². The fraction of sp³-hybridized carbons (Fsp3) is 0.667. The normalized spacial score (nSPS) is 20.9. The molecule has 2 saturated carbocycles. The summed E-state index contributed by atoms with van der Waals surface area (Å²) < 4.78 is 0. The summed E-state index contributed by atoms with van der Waals surface area (Å²) in [5, 5.41) is 4.83. The van der Waals surface area contributed by atoms with Crippen LogP contribution in [0.2, 0.25) is 0 Å². The number of nitrogens with one attached hydrogen (secondary N) is 1. The molecule has 0 atom stereocenters. The molecular formula is C27H42N2. The van der Waals surface area contributed by atoms with Crippen LogP contribution in [0.1, 0.15) is 107 Å². The highest BCUT2D eigenvalue weighted by molar-refractivity contribution is 6.03. The molecule has 1 aromatic carbocycles. The molecular weight excluding hydrogens is 352 g/mol. The summed E-state index contributed by atoms with van der Waals surface area (Å²) in [5.41, 5.74) is 8.66. The first-order valence-electron chi connectivity index (χ1n) is 12.3. The molecule has 1 aromatic rings. The molecule has 3 rings (SSSR count). The molecule has 2 nitrogen and oxygen atoms in total. The molecule has 0 aliphatic heterocycles. The maximum absolute atomic E-state index is 4.83. The highest BCUT2D eigenvalue weighted by Gasteiger charge is 2.24. The van der Waals surface area contributed by atoms with Gasteiger partial charge in [0.05, 0.1) is 5.71 Å². The molecule has 0 unspecified atom stereocenters. The summed E-state index contributed by atoms with van der Waals surface area (Å²) in [7, 11) is 0. The van der Waals surface area contributed by atoms with Gasteiger partial charge in [0.1, 0.15) is 0 Å². The van der Waals surface area contributed by atoms with Gasteiger partial charge in [0.25, 0.3) is 0 Å². The van der Waals surface area contributed by atoms with Crippen LogP contribution in [0.25, 0.3) is 0 Å². The Bertz CT molecular complexity index is 645. The third kappa shape index (κ3) is 7.01. The van der Waals surface area contributed by atoms with Crippen molar-refractivity contribution in [3.05, 3.63) is 47.7 Å². The quantitative estimate of drug-likeness (QED) is 0.388. The topological polar surface area (TPSA) is 24.4 Å². The predicted octanol–water partition coefficient (Wildman–Crippen LogP) is 7.70. The maximum Gasteiger partial charge on any atom is 0.0712 e. The second-order valence-electron chi connectivity index (χ2n) is 9.45. The molecule has 29 heavy (non-hydrogen) atoms. The van der Waals surface area contributed by atoms with Crippen LogP contribution >= 0.6 is 0 Å². The smallest absolute Gasteiger partial charge is 0.0712 e. The van der Waals surface area contributed by atoms with Crippen molar-refractivity contribution >= 4 is 5.71 Å². The van der Waals surface area contributed by atoms with Gasteiger partial charge in [-0.25, -0.2) is 0 Å². The number of hydrogen-bond donors (Lipinski definition) is 1. The third-order valence-electron chi connectivity index (χ3n) is 7.04. The lowest BCUT2D eigenvalue weighted by atomic mass is 9.80. The molecule has 0 bridgehead atoms. The SMILES string of the molecule is C=CN/N=C(\c1ccc(C)cc1CC1CCCCCCCCC1)C1CCCCC1. The second-order valence-corrected chi connectivity index (χ2v) is 9.45. The lowest BCUT2D eigenvalue weighted by molar-refractivity contribution is 0.386. The summed E-state index contributed by atoms with van der Waals surface area (Å²) in [6, 6.07) is 7.07. The van der Waals surface area contributed by atoms with E-state index in [1.54, 1.807) is 6.20 Å². The summed E-state index contributed by atoms with van der Waals surface area (Å²) in [4.78, 5) is 0. The van der Waals surface area contributed by atoms with Crippen LogP contribution < -0.4 is 5.43 Å². The van der Waals surface area contributed by atoms with Gasteiger partial charge in [-0.1, -0.05) is 107 Å². The first kappa shape index (κ1) is 22.1. The van der Waals surface area contributed by atoms with Crippen LogP contribution in [0.3, 0.4) is 0 Å². The summed E-state index contributed by atoms with van der Waals surface area (Å²) in [6.45, 7) is 6.06. The van der Waals surface area contributed by atoms with E-state index in [2.05, 4.69) is 37.1 Å². The fourth-order valence-electron chi connectivity index (χ4n) is 5.41. The Hall–Kier alpha value is -1.57. The average molecular weight is 395 g/mol. The van der Waals surface area contributed by atoms with Crippen molar-refractivity contribution in [1.82, 2.24) is 5.43 Å². The molecule has 0 amide bonds. The van der Waals surface area contributed by atoms with E-state index in [4.69, 9.17) is 5.10 Å². The van der Waals surface area contributed by atoms with E-state index in [1.807, 2.05) is 0 Å². The van der Waals surface area contributed by atoms with Gasteiger partial charge in [-0.15, -0.1) is 0 Å². The fourth-order valence-corrected chi connectivity index (χ4v) is 5.41. The second kappa shape index (κ2) is 12.2. The maximum atomic E-state index is 4.83. The zero-order valence-corrected chi connectivity index (χ0v) is 18.7. The molecule has 1 N–H and O–H groups in total. The van der Waals surface area contributed by atoms with Crippen LogP contribution in [0.5, 0.6) is 0 Å². The Morgan fingerprint density at radius 1 is 0.931 bits per heavy atom. The van der Waals surface area contributed by atoms with E-state index < -0.39 is 0 Å². The summed E-state index contributed by atoms with van der Waals surface area (Å²) >= 11 is 0. The molecule has 0 aromatic heterocycles. The number of hydrogen-bond acceptors (Lipinski definition) is 2. The van der Waals surface area contributed by atoms with E-state index in [9.17, 15) is 0 Å². The first-order chi connectivity index (χ1) is 14.3. The van der Waals surface area contributed by atoms with Crippen LogP contribution in [0, 0.1) is 18.8 Å². The van der Waals surface area contributed by atoms with Gasteiger partial charge in [-0.05, 0) is 37.7 Å². The van der Waals surface area contributed by atoms with E-state index in [1.165, 1.54) is 119 Å². The van der Waals surface area contributed by atoms with E-state index in [-0.39, 0.29) is 0 Å². The Morgan fingerprint density at radius 2 is 1.52 bits per heavy atom. The predicted molar refractivity (Wildman–Crippen MR) is 126 cm³/mol. The Balaban J connectivity index is 1.83. The standard InChI is InChI=1S/C27H42N2/c1-3-28-29-27(24-16-12-9-13-17-24)26-19-18-22(2)20-25(26)21-23-14-10-7-5-4-6-8-11-15-23/h3,18-20,23-24,28H,1,4-17,21H2,2H3/b29-27-. The first-order valence-corrected chi connectivity index (χ1v) is 12.3. The van der Waals surface area contributed by atoms with Crippen molar-refractivity contribution in [2.75, 3.05) is 0 Å². The lowest BCUT2D eigenvalue weighted by Crippen LogP contribution is -2.23. The summed E-state index contributed by atoms with van der Waals surface area (Å²) in [5.74, 6) is 1.41. The molecule has 0 heterocycles. The number of benzene rings is 1. The van der Waals surface area contributed by atoms with Crippen LogP contribution in [-0.2, 0) is 6.42 Å². The van der Waals surface area contributed by atoms with Gasteiger partial charge >= 0.3 is 0 Å². The average Bonchev–Trinajstić information content (AvgIpc) is 2.75. The summed E-state index contributed by atoms with van der Waals surface area (Å²) in [6.07, 6.45) is 22.3. The molecule has 0 radical (unpaired) electrons. The molecule has 160 valence electrons. The van der Waals surface area contributed by atoms with Crippen LogP contribution in [0.4, 0.5) is 0 Å². The minimum Gasteiger partial charge on any atom is -0.286 e. The monoisotopic (exact) mass is 394 g/mol. The zero-order valence-electron chi connectivity index (χ0n) is 18.7. The number of rotatable bonds is 6. The van der Waals surface area contributed by atoms with Crippen molar-refractivity contribution in [3.8, 4) is 0 Å². The van der Waals surface area contributed by atoms with Gasteiger partial charge in [0, 0.05) is 17.7 Å². The van der Waals surface area contributed by atoms with Gasteiger partial charge in [-0.3, -0.25) is 5.43 Å². The highest BCUT2D eigenvalue weighted by atomic mass is 15.3. The van der Waals surface area contributed by atoms with Crippen LogP contribution in [0.15, 0.2) is 36.1 Å². The Morgan fingerprint density at radius 3 is 2.17 bits per heavy atom. The van der Waals surface area contributed by atoms with Gasteiger partial charge < -0.3 is 0 Å². The molecule has 0 spiro atoms. The zero-order chi connectivity index (χ0) is 20.3. The minimum absolute atomic E-state index is 0.585. The van der Waals surface area contributed by atoms with Gasteiger partial charge in [0.15, 0.2) is 0 Å². The Labute approximate surface area is 179 Å². The van der Waals surface area contributed by atoms with Crippen molar-refractivity contribution in [1.29, 1.82) is 0 Å².